The van der Waals surface area contributed by atoms with Gasteiger partial charge in [0.25, 0.3) is 11.6 Å². The van der Waals surface area contributed by atoms with E-state index >= 15 is 4.11 Å². The van der Waals surface area contributed by atoms with E-state index < -0.39 is 42.4 Å². The second kappa shape index (κ2) is 13.3. The molecule has 2 aromatic rings. The standard InChI is InChI=1S/C35H45FN4O7Si/c1-23-33(48(2,3)36)30(20-32(43)38-18-8-9-27(38)22-41)47-35(23)28-19-26(40(45)46)15-16-29(28)39(34(35)44)21-24-11-13-25(14-12-24)37-17-7-5-4-6-10-31(37)42/h11-16,19,23,27,30,33,41H,4-10,17-18,20-22H2,1-3H3/t23-,27+,30+,33-,35+/m1/s1. The van der Waals surface area contributed by atoms with Gasteiger partial charge in [0.05, 0.1) is 42.3 Å². The first kappa shape index (κ1) is 34.2. The molecule has 4 aliphatic rings. The zero-order chi connectivity index (χ0) is 34.4. The van der Waals surface area contributed by atoms with Gasteiger partial charge in [-0.15, -0.1) is 0 Å². The molecule has 1 N–H and O–H groups in total. The predicted molar refractivity (Wildman–Crippen MR) is 181 cm³/mol. The number of ether oxygens (including phenoxy) is 1. The third kappa shape index (κ3) is 6.04. The van der Waals surface area contributed by atoms with Crippen LogP contribution in [0.25, 0.3) is 0 Å². The van der Waals surface area contributed by atoms with E-state index in [1.165, 1.54) is 12.1 Å². The van der Waals surface area contributed by atoms with Crippen LogP contribution in [0.15, 0.2) is 42.5 Å². The predicted octanol–water partition coefficient (Wildman–Crippen LogP) is 5.59. The van der Waals surface area contributed by atoms with Crippen LogP contribution in [0, 0.1) is 16.0 Å². The fraction of sp³-hybridized carbons (Fsp3) is 0.571. The number of hydrogen-bond donors (Lipinski definition) is 1. The van der Waals surface area contributed by atoms with Crippen molar-refractivity contribution in [2.24, 2.45) is 5.92 Å². The summed E-state index contributed by atoms with van der Waals surface area (Å²) in [5, 5.41) is 21.7. The first-order valence-corrected chi connectivity index (χ1v) is 20.1. The summed E-state index contributed by atoms with van der Waals surface area (Å²) in [6.45, 7) is 5.97. The Kier molecular flexibility index (Phi) is 9.49. The summed E-state index contributed by atoms with van der Waals surface area (Å²) in [6, 6.07) is 11.5. The van der Waals surface area contributed by atoms with Crippen LogP contribution in [0.5, 0.6) is 0 Å². The number of amides is 3. The van der Waals surface area contributed by atoms with Crippen LogP contribution < -0.4 is 9.80 Å². The summed E-state index contributed by atoms with van der Waals surface area (Å²) >= 11 is 0. The molecule has 3 fully saturated rings. The molecule has 13 heteroatoms. The lowest BCUT2D eigenvalue weighted by molar-refractivity contribution is -0.385. The second-order valence-corrected chi connectivity index (χ2v) is 18.1. The molecule has 0 unspecified atom stereocenters. The van der Waals surface area contributed by atoms with Gasteiger partial charge in [-0.2, -0.15) is 0 Å². The van der Waals surface area contributed by atoms with Gasteiger partial charge in [-0.1, -0.05) is 31.9 Å². The SMILES string of the molecule is C[C@@H]1[C@@H]([Si](C)(C)F)[C@H](CC(=O)N2CCC[C@H]2CO)O[C@@]12C(=O)N(Cc1ccc(N3CCCCCCC3=O)cc1)c1ccc([N+](=O)[O-])cc12. The molecule has 2 aromatic carbocycles. The highest BCUT2D eigenvalue weighted by molar-refractivity contribution is 6.72. The largest absolute Gasteiger partial charge is 0.394 e. The van der Waals surface area contributed by atoms with Crippen molar-refractivity contribution < 1.29 is 33.3 Å². The third-order valence-corrected chi connectivity index (χ3v) is 13.3. The van der Waals surface area contributed by atoms with Crippen molar-refractivity contribution in [3.8, 4) is 0 Å². The number of non-ortho nitro benzene ring substituents is 1. The normalized spacial score (nSPS) is 27.8. The molecule has 3 saturated heterocycles. The van der Waals surface area contributed by atoms with Crippen LogP contribution in [-0.2, 0) is 31.3 Å². The summed E-state index contributed by atoms with van der Waals surface area (Å²) in [5.74, 6) is -1.32. The number of anilines is 2. The number of carbonyl (C=O) groups excluding carboxylic acids is 3. The molecule has 0 radical (unpaired) electrons. The second-order valence-electron chi connectivity index (χ2n) is 14.3. The van der Waals surface area contributed by atoms with Crippen molar-refractivity contribution in [1.82, 2.24) is 4.90 Å². The number of likely N-dealkylation sites (tertiary alicyclic amines) is 1. The average Bonchev–Trinajstić information content (AvgIpc) is 3.70. The highest BCUT2D eigenvalue weighted by Crippen LogP contribution is 2.60. The van der Waals surface area contributed by atoms with E-state index in [9.17, 15) is 29.6 Å². The number of halogens is 1. The number of nitrogens with zero attached hydrogens (tertiary/aromatic N) is 4. The molecule has 5 atom stereocenters. The van der Waals surface area contributed by atoms with E-state index in [0.29, 0.717) is 37.2 Å². The Balaban J connectivity index is 1.33. The van der Waals surface area contributed by atoms with Crippen LogP contribution in [-0.4, -0.2) is 72.9 Å². The molecule has 6 rings (SSSR count). The Bertz CT molecular complexity index is 1580. The summed E-state index contributed by atoms with van der Waals surface area (Å²) in [5.41, 5.74) is -0.337. The molecule has 0 saturated carbocycles. The molecule has 11 nitrogen and oxygen atoms in total. The van der Waals surface area contributed by atoms with Gasteiger partial charge in [-0.3, -0.25) is 24.5 Å². The van der Waals surface area contributed by atoms with Crippen LogP contribution in [0.2, 0.25) is 18.6 Å². The molecular weight excluding hydrogens is 635 g/mol. The van der Waals surface area contributed by atoms with Gasteiger partial charge < -0.3 is 28.7 Å². The summed E-state index contributed by atoms with van der Waals surface area (Å²) in [4.78, 5) is 57.4. The number of nitro benzene ring substituents is 1. The maximum absolute atomic E-state index is 16.3. The zero-order valence-electron chi connectivity index (χ0n) is 27.9. The van der Waals surface area contributed by atoms with Crippen molar-refractivity contribution >= 4 is 43.2 Å². The van der Waals surface area contributed by atoms with E-state index in [1.54, 1.807) is 35.9 Å². The Morgan fingerprint density at radius 2 is 1.81 bits per heavy atom. The van der Waals surface area contributed by atoms with Gasteiger partial charge in [0.2, 0.25) is 20.2 Å². The van der Waals surface area contributed by atoms with Crippen molar-refractivity contribution in [1.29, 1.82) is 0 Å². The average molecular weight is 681 g/mol. The lowest BCUT2D eigenvalue weighted by atomic mass is 9.82. The van der Waals surface area contributed by atoms with E-state index in [0.717, 1.165) is 43.4 Å². The van der Waals surface area contributed by atoms with Crippen LogP contribution in [0.3, 0.4) is 0 Å². The molecule has 1 spiro atoms. The molecular formula is C35H45FN4O7Si. The van der Waals surface area contributed by atoms with E-state index in [-0.39, 0.29) is 43.1 Å². The van der Waals surface area contributed by atoms with Crippen LogP contribution in [0.1, 0.15) is 69.4 Å². The number of hydrogen-bond acceptors (Lipinski definition) is 7. The Morgan fingerprint density at radius 1 is 1.08 bits per heavy atom. The van der Waals surface area contributed by atoms with Crippen molar-refractivity contribution in [3.05, 3.63) is 63.7 Å². The van der Waals surface area contributed by atoms with E-state index in [1.807, 2.05) is 29.2 Å². The molecule has 4 aliphatic heterocycles. The number of rotatable bonds is 8. The molecule has 0 aliphatic carbocycles. The minimum Gasteiger partial charge on any atom is -0.394 e. The Morgan fingerprint density at radius 3 is 2.50 bits per heavy atom. The number of fused-ring (bicyclic) bond motifs is 2. The van der Waals surface area contributed by atoms with Crippen molar-refractivity contribution in [2.75, 3.05) is 29.5 Å². The highest BCUT2D eigenvalue weighted by atomic mass is 28.4. The van der Waals surface area contributed by atoms with E-state index in [4.69, 9.17) is 4.74 Å². The number of aliphatic hydroxyl groups excluding tert-OH is 1. The molecule has 4 heterocycles. The molecule has 48 heavy (non-hydrogen) atoms. The lowest BCUT2D eigenvalue weighted by Crippen LogP contribution is -2.45. The first-order chi connectivity index (χ1) is 22.9. The van der Waals surface area contributed by atoms with Gasteiger partial charge in [0.15, 0.2) is 5.60 Å². The number of carbonyl (C=O) groups is 3. The van der Waals surface area contributed by atoms with E-state index in [2.05, 4.69) is 0 Å². The highest BCUT2D eigenvalue weighted by Gasteiger charge is 2.67. The quantitative estimate of drug-likeness (QED) is 0.166. The monoisotopic (exact) mass is 680 g/mol. The summed E-state index contributed by atoms with van der Waals surface area (Å²) in [6.07, 6.45) is 4.83. The summed E-state index contributed by atoms with van der Waals surface area (Å²) in [7, 11) is -3.58. The minimum atomic E-state index is -3.58. The Labute approximate surface area is 281 Å². The fourth-order valence-electron chi connectivity index (χ4n) is 8.55. The molecule has 0 aromatic heterocycles. The third-order valence-electron chi connectivity index (χ3n) is 10.9. The van der Waals surface area contributed by atoms with Crippen molar-refractivity contribution in [3.63, 3.8) is 0 Å². The fourth-order valence-corrected chi connectivity index (χ4v) is 11.0. The molecule has 0 bridgehead atoms. The lowest BCUT2D eigenvalue weighted by Gasteiger charge is -2.31. The molecule has 258 valence electrons. The topological polar surface area (TPSA) is 134 Å². The number of nitro groups is 1. The minimum absolute atomic E-state index is 0.0977. The maximum Gasteiger partial charge on any atom is 0.269 e. The van der Waals surface area contributed by atoms with Gasteiger partial charge in [0, 0.05) is 54.4 Å². The van der Waals surface area contributed by atoms with Gasteiger partial charge in [0.1, 0.15) is 0 Å². The van der Waals surface area contributed by atoms with Crippen molar-refractivity contribution in [2.45, 2.75) is 101 Å². The number of aliphatic hydroxyl groups is 1. The first-order valence-electron chi connectivity index (χ1n) is 17.1. The maximum atomic E-state index is 16.3. The van der Waals surface area contributed by atoms with Crippen LogP contribution in [0.4, 0.5) is 21.2 Å². The zero-order valence-corrected chi connectivity index (χ0v) is 28.9. The summed E-state index contributed by atoms with van der Waals surface area (Å²) < 4.78 is 22.9. The van der Waals surface area contributed by atoms with Gasteiger partial charge >= 0.3 is 0 Å². The van der Waals surface area contributed by atoms with Gasteiger partial charge in [-0.05, 0) is 62.5 Å². The Hall–Kier alpha value is -3.68. The molecule has 3 amide bonds. The van der Waals surface area contributed by atoms with Gasteiger partial charge in [-0.25, -0.2) is 0 Å². The van der Waals surface area contributed by atoms with Crippen LogP contribution >= 0.6 is 0 Å². The number of benzene rings is 2. The smallest absolute Gasteiger partial charge is 0.269 e.